The van der Waals surface area contributed by atoms with E-state index in [1.54, 1.807) is 23.0 Å². The number of carbonyl (C=O) groups excluding carboxylic acids is 2. The maximum atomic E-state index is 13.6. The van der Waals surface area contributed by atoms with Gasteiger partial charge >= 0.3 is 0 Å². The Morgan fingerprint density at radius 2 is 1.87 bits per heavy atom. The molecule has 31 heavy (non-hydrogen) atoms. The fourth-order valence-electron chi connectivity index (χ4n) is 4.94. The van der Waals surface area contributed by atoms with E-state index < -0.39 is 0 Å². The van der Waals surface area contributed by atoms with Gasteiger partial charge in [-0.05, 0) is 51.0 Å². The van der Waals surface area contributed by atoms with Gasteiger partial charge in [-0.1, -0.05) is 24.3 Å². The summed E-state index contributed by atoms with van der Waals surface area (Å²) in [7, 11) is 0. The molecule has 2 atom stereocenters. The Kier molecular flexibility index (Phi) is 4.81. The third-order valence-electron chi connectivity index (χ3n) is 6.34. The Morgan fingerprint density at radius 3 is 2.61 bits per heavy atom. The highest BCUT2D eigenvalue weighted by Gasteiger charge is 2.44. The monoisotopic (exact) mass is 415 g/mol. The maximum absolute atomic E-state index is 13.6. The smallest absolute Gasteiger partial charge is 0.273 e. The Balaban J connectivity index is 1.43. The van der Waals surface area contributed by atoms with E-state index in [9.17, 15) is 9.59 Å². The van der Waals surface area contributed by atoms with Gasteiger partial charge in [-0.15, -0.1) is 0 Å². The lowest BCUT2D eigenvalue weighted by atomic mass is 10.0. The molecule has 0 radical (unpaired) electrons. The van der Waals surface area contributed by atoms with Crippen molar-refractivity contribution in [2.75, 3.05) is 13.1 Å². The fraction of sp³-hybridized carbons (Fsp3) is 0.333. The van der Waals surface area contributed by atoms with Crippen LogP contribution in [-0.2, 0) is 0 Å². The zero-order valence-corrected chi connectivity index (χ0v) is 17.7. The molecule has 0 spiro atoms. The number of para-hydroxylation sites is 1. The van der Waals surface area contributed by atoms with Crippen LogP contribution in [0.4, 0.5) is 0 Å². The van der Waals surface area contributed by atoms with Gasteiger partial charge in [0.15, 0.2) is 0 Å². The van der Waals surface area contributed by atoms with Crippen LogP contribution in [0.3, 0.4) is 0 Å². The van der Waals surface area contributed by atoms with Crippen LogP contribution in [0, 0.1) is 6.92 Å². The summed E-state index contributed by atoms with van der Waals surface area (Å²) in [5.41, 5.74) is 3.83. The second-order valence-electron chi connectivity index (χ2n) is 8.25. The van der Waals surface area contributed by atoms with Crippen LogP contribution in [0.2, 0.25) is 0 Å². The number of aryl methyl sites for hydroxylation is 1. The van der Waals surface area contributed by atoms with Gasteiger partial charge in [0.2, 0.25) is 0 Å². The molecule has 158 valence electrons. The van der Waals surface area contributed by atoms with E-state index in [0.29, 0.717) is 24.5 Å². The van der Waals surface area contributed by atoms with Gasteiger partial charge in [-0.25, -0.2) is 4.68 Å². The van der Waals surface area contributed by atoms with Crippen LogP contribution in [0.15, 0.2) is 54.7 Å². The zero-order chi connectivity index (χ0) is 21.5. The second kappa shape index (κ2) is 7.65. The molecular formula is C24H25N5O2. The first-order valence-electron chi connectivity index (χ1n) is 10.7. The molecule has 7 nitrogen and oxygen atoms in total. The van der Waals surface area contributed by atoms with Crippen LogP contribution in [0.5, 0.6) is 0 Å². The van der Waals surface area contributed by atoms with E-state index in [1.165, 1.54) is 0 Å². The zero-order valence-electron chi connectivity index (χ0n) is 17.7. The molecule has 0 bridgehead atoms. The van der Waals surface area contributed by atoms with Crippen molar-refractivity contribution in [3.8, 4) is 5.69 Å². The lowest BCUT2D eigenvalue weighted by Gasteiger charge is -2.39. The number of rotatable bonds is 3. The molecule has 2 aliphatic rings. The average Bonchev–Trinajstić information content (AvgIpc) is 3.29. The summed E-state index contributed by atoms with van der Waals surface area (Å²) in [6, 6.07) is 15.0. The fourth-order valence-corrected chi connectivity index (χ4v) is 4.94. The average molecular weight is 415 g/mol. The molecule has 1 fully saturated rings. The topological polar surface area (TPSA) is 71.3 Å². The minimum Gasteiger partial charge on any atom is -0.335 e. The van der Waals surface area contributed by atoms with Crippen molar-refractivity contribution in [2.45, 2.75) is 38.8 Å². The number of nitrogens with zero attached hydrogens (tertiary/aromatic N) is 5. The number of fused-ring (bicyclic) bond motifs is 1. The molecule has 1 saturated heterocycles. The summed E-state index contributed by atoms with van der Waals surface area (Å²) < 4.78 is 1.77. The summed E-state index contributed by atoms with van der Waals surface area (Å²) in [6.45, 7) is 5.23. The third kappa shape index (κ3) is 3.21. The number of benzene rings is 1. The molecule has 3 aromatic rings. The highest BCUT2D eigenvalue weighted by molar-refractivity contribution is 5.99. The highest BCUT2D eigenvalue weighted by atomic mass is 16.2. The first kappa shape index (κ1) is 19.5. The lowest BCUT2D eigenvalue weighted by molar-refractivity contribution is 0.0416. The third-order valence-corrected chi connectivity index (χ3v) is 6.34. The van der Waals surface area contributed by atoms with E-state index in [0.717, 1.165) is 29.8 Å². The number of likely N-dealkylation sites (tertiary alicyclic amines) is 1. The van der Waals surface area contributed by atoms with Crippen molar-refractivity contribution < 1.29 is 9.59 Å². The molecule has 0 saturated carbocycles. The molecule has 2 aliphatic heterocycles. The van der Waals surface area contributed by atoms with Gasteiger partial charge in [0.05, 0.1) is 23.5 Å². The van der Waals surface area contributed by atoms with Crippen molar-refractivity contribution in [3.63, 3.8) is 0 Å². The summed E-state index contributed by atoms with van der Waals surface area (Å²) in [4.78, 5) is 34.5. The minimum absolute atomic E-state index is 0.0101. The molecule has 2 unspecified atom stereocenters. The van der Waals surface area contributed by atoms with E-state index in [4.69, 9.17) is 0 Å². The summed E-state index contributed by atoms with van der Waals surface area (Å²) in [5.74, 6) is -0.0853. The number of carbonyl (C=O) groups is 2. The largest absolute Gasteiger partial charge is 0.335 e. The predicted molar refractivity (Wildman–Crippen MR) is 116 cm³/mol. The molecule has 1 aromatic carbocycles. The Hall–Kier alpha value is -3.48. The normalized spacial score (nSPS) is 20.8. The standard InChI is InChI=1S/C24H25N5O2/c1-16-21-17(2)28(24(31)22(21)29(26-16)18-9-4-3-5-10-18)19-11-8-14-27(15-19)23(30)20-12-6-7-13-25-20/h3-7,9-10,12-13,17,19H,8,11,14-15H2,1-2H3. The number of hydrogen-bond acceptors (Lipinski definition) is 4. The van der Waals surface area contributed by atoms with Gasteiger partial charge in [-0.3, -0.25) is 14.6 Å². The molecule has 7 heteroatoms. The van der Waals surface area contributed by atoms with Crippen molar-refractivity contribution in [2.24, 2.45) is 0 Å². The van der Waals surface area contributed by atoms with Crippen LogP contribution < -0.4 is 0 Å². The maximum Gasteiger partial charge on any atom is 0.273 e. The van der Waals surface area contributed by atoms with Crippen molar-refractivity contribution in [3.05, 3.63) is 77.4 Å². The van der Waals surface area contributed by atoms with Gasteiger partial charge in [-0.2, -0.15) is 5.10 Å². The molecular weight excluding hydrogens is 390 g/mol. The SMILES string of the molecule is Cc1nn(-c2ccccc2)c2c1C(C)N(C1CCCN(C(=O)c3ccccn3)C1)C2=O. The molecule has 0 aliphatic carbocycles. The Bertz CT molecular complexity index is 1130. The summed E-state index contributed by atoms with van der Waals surface area (Å²) in [6.07, 6.45) is 3.37. The van der Waals surface area contributed by atoms with Crippen LogP contribution in [0.25, 0.3) is 5.69 Å². The van der Waals surface area contributed by atoms with E-state index >= 15 is 0 Å². The first-order chi connectivity index (χ1) is 15.1. The summed E-state index contributed by atoms with van der Waals surface area (Å²) in [5, 5.41) is 4.66. The number of hydrogen-bond donors (Lipinski definition) is 0. The van der Waals surface area contributed by atoms with Crippen LogP contribution in [0.1, 0.15) is 58.0 Å². The lowest BCUT2D eigenvalue weighted by Crippen LogP contribution is -2.51. The van der Waals surface area contributed by atoms with E-state index in [-0.39, 0.29) is 23.9 Å². The van der Waals surface area contributed by atoms with Crippen LogP contribution >= 0.6 is 0 Å². The number of pyridine rings is 1. The summed E-state index contributed by atoms with van der Waals surface area (Å²) >= 11 is 0. The number of aromatic nitrogens is 3. The Morgan fingerprint density at radius 1 is 1.10 bits per heavy atom. The minimum atomic E-state index is -0.0752. The van der Waals surface area contributed by atoms with Gasteiger partial charge < -0.3 is 9.80 Å². The van der Waals surface area contributed by atoms with E-state index in [1.807, 2.05) is 53.1 Å². The van der Waals surface area contributed by atoms with Gasteiger partial charge in [0.25, 0.3) is 11.8 Å². The highest BCUT2D eigenvalue weighted by Crippen LogP contribution is 2.39. The quantitative estimate of drug-likeness (QED) is 0.657. The van der Waals surface area contributed by atoms with Crippen molar-refractivity contribution >= 4 is 11.8 Å². The van der Waals surface area contributed by atoms with E-state index in [2.05, 4.69) is 17.0 Å². The Labute approximate surface area is 181 Å². The molecule has 0 N–H and O–H groups in total. The number of piperidine rings is 1. The first-order valence-corrected chi connectivity index (χ1v) is 10.7. The molecule has 4 heterocycles. The second-order valence-corrected chi connectivity index (χ2v) is 8.25. The van der Waals surface area contributed by atoms with Crippen molar-refractivity contribution in [1.29, 1.82) is 0 Å². The number of amides is 2. The van der Waals surface area contributed by atoms with Crippen molar-refractivity contribution in [1.82, 2.24) is 24.6 Å². The molecule has 2 aromatic heterocycles. The molecule has 2 amide bonds. The van der Waals surface area contributed by atoms with Gasteiger partial charge in [0.1, 0.15) is 11.4 Å². The predicted octanol–water partition coefficient (Wildman–Crippen LogP) is 3.40. The van der Waals surface area contributed by atoms with Crippen LogP contribution in [-0.4, -0.2) is 55.5 Å². The van der Waals surface area contributed by atoms with Gasteiger partial charge in [0, 0.05) is 24.8 Å². The molecule has 5 rings (SSSR count).